The molecule has 0 N–H and O–H groups in total. The molecule has 1 heterocycles. The van der Waals surface area contributed by atoms with Crippen LogP contribution in [-0.2, 0) is 17.8 Å². The molecular weight excluding hydrogens is 380 g/mol. The van der Waals surface area contributed by atoms with E-state index in [9.17, 15) is 4.79 Å². The predicted octanol–water partition coefficient (Wildman–Crippen LogP) is 3.30. The third-order valence-corrected chi connectivity index (χ3v) is 5.55. The summed E-state index contributed by atoms with van der Waals surface area (Å²) in [6.07, 6.45) is 1.29. The minimum Gasteiger partial charge on any atom is -0.493 e. The van der Waals surface area contributed by atoms with E-state index in [1.807, 2.05) is 17.0 Å². The average Bonchev–Trinajstić information content (AvgIpc) is 3.00. The Morgan fingerprint density at radius 1 is 0.867 bits per heavy atom. The molecule has 30 heavy (non-hydrogen) atoms. The van der Waals surface area contributed by atoms with E-state index in [2.05, 4.69) is 36.1 Å². The molecular formula is C24H32N2O4. The first kappa shape index (κ1) is 22.0. The summed E-state index contributed by atoms with van der Waals surface area (Å²) >= 11 is 0. The zero-order valence-electron chi connectivity index (χ0n) is 18.4. The van der Waals surface area contributed by atoms with Crippen molar-refractivity contribution < 1.29 is 19.0 Å². The minimum absolute atomic E-state index is 0.126. The Kier molecular flexibility index (Phi) is 7.57. The van der Waals surface area contributed by atoms with Crippen LogP contribution in [0.1, 0.15) is 23.1 Å². The number of nitrogens with zero attached hydrogens (tertiary/aromatic N) is 2. The summed E-state index contributed by atoms with van der Waals surface area (Å²) < 4.78 is 16.2. The number of hydrogen-bond donors (Lipinski definition) is 0. The molecule has 162 valence electrons. The molecule has 0 unspecified atom stereocenters. The van der Waals surface area contributed by atoms with Crippen molar-refractivity contribution in [3.8, 4) is 17.2 Å². The highest BCUT2D eigenvalue weighted by atomic mass is 16.5. The van der Waals surface area contributed by atoms with Crippen LogP contribution >= 0.6 is 0 Å². The number of benzene rings is 2. The SMILES string of the molecule is COc1cc(CC(=O)N2CCCN(Cc3ccc(C)cc3)CC2)cc(OC)c1OC. The summed E-state index contributed by atoms with van der Waals surface area (Å²) in [5.41, 5.74) is 3.45. The highest BCUT2D eigenvalue weighted by molar-refractivity contribution is 5.79. The number of aryl methyl sites for hydroxylation is 1. The second-order valence-electron chi connectivity index (χ2n) is 7.71. The van der Waals surface area contributed by atoms with Gasteiger partial charge in [-0.3, -0.25) is 9.69 Å². The van der Waals surface area contributed by atoms with Crippen molar-refractivity contribution in [3.05, 3.63) is 53.1 Å². The van der Waals surface area contributed by atoms with Crippen molar-refractivity contribution in [3.63, 3.8) is 0 Å². The zero-order chi connectivity index (χ0) is 21.5. The standard InChI is InChI=1S/C24H32N2O4/c1-18-6-8-19(9-7-18)17-25-10-5-11-26(13-12-25)23(27)16-20-14-21(28-2)24(30-4)22(15-20)29-3/h6-9,14-15H,5,10-13,16-17H2,1-4H3. The van der Waals surface area contributed by atoms with Gasteiger partial charge >= 0.3 is 0 Å². The molecule has 0 atom stereocenters. The number of carbonyl (C=O) groups excluding carboxylic acids is 1. The summed E-state index contributed by atoms with van der Waals surface area (Å²) in [6, 6.07) is 12.4. The van der Waals surface area contributed by atoms with Crippen LogP contribution in [0.2, 0.25) is 0 Å². The molecule has 2 aromatic rings. The fraction of sp³-hybridized carbons (Fsp3) is 0.458. The summed E-state index contributed by atoms with van der Waals surface area (Å²) in [4.78, 5) is 17.4. The highest BCUT2D eigenvalue weighted by Gasteiger charge is 2.21. The maximum absolute atomic E-state index is 13.0. The van der Waals surface area contributed by atoms with Gasteiger partial charge in [-0.2, -0.15) is 0 Å². The third kappa shape index (κ3) is 5.45. The average molecular weight is 413 g/mol. The van der Waals surface area contributed by atoms with E-state index in [-0.39, 0.29) is 5.91 Å². The number of amides is 1. The van der Waals surface area contributed by atoms with Gasteiger partial charge in [0.2, 0.25) is 11.7 Å². The van der Waals surface area contributed by atoms with Gasteiger partial charge in [0.1, 0.15) is 0 Å². The molecule has 0 aromatic heterocycles. The van der Waals surface area contributed by atoms with E-state index in [0.717, 1.165) is 44.7 Å². The van der Waals surface area contributed by atoms with E-state index in [4.69, 9.17) is 14.2 Å². The Labute approximate surface area is 179 Å². The van der Waals surface area contributed by atoms with E-state index in [1.54, 1.807) is 21.3 Å². The molecule has 1 amide bonds. The van der Waals surface area contributed by atoms with E-state index < -0.39 is 0 Å². The fourth-order valence-electron chi connectivity index (χ4n) is 3.85. The number of methoxy groups -OCH3 is 3. The summed E-state index contributed by atoms with van der Waals surface area (Å²) in [6.45, 7) is 6.45. The number of ether oxygens (including phenoxy) is 3. The lowest BCUT2D eigenvalue weighted by Crippen LogP contribution is -2.36. The van der Waals surface area contributed by atoms with Gasteiger partial charge in [0.25, 0.3) is 0 Å². The Morgan fingerprint density at radius 3 is 2.13 bits per heavy atom. The van der Waals surface area contributed by atoms with Crippen molar-refractivity contribution in [1.29, 1.82) is 0 Å². The normalized spacial score (nSPS) is 14.9. The lowest BCUT2D eigenvalue weighted by Gasteiger charge is -2.22. The van der Waals surface area contributed by atoms with Crippen LogP contribution in [0.25, 0.3) is 0 Å². The first-order valence-corrected chi connectivity index (χ1v) is 10.4. The van der Waals surface area contributed by atoms with Crippen LogP contribution in [0.4, 0.5) is 0 Å². The van der Waals surface area contributed by atoms with Gasteiger partial charge in [-0.1, -0.05) is 29.8 Å². The van der Waals surface area contributed by atoms with Gasteiger partial charge in [0.05, 0.1) is 27.8 Å². The maximum Gasteiger partial charge on any atom is 0.227 e. The van der Waals surface area contributed by atoms with Gasteiger partial charge in [0, 0.05) is 32.7 Å². The predicted molar refractivity (Wildman–Crippen MR) is 117 cm³/mol. The number of carbonyl (C=O) groups is 1. The van der Waals surface area contributed by atoms with Gasteiger partial charge in [-0.05, 0) is 36.6 Å². The molecule has 0 spiro atoms. The van der Waals surface area contributed by atoms with Crippen LogP contribution < -0.4 is 14.2 Å². The quantitative estimate of drug-likeness (QED) is 0.699. The lowest BCUT2D eigenvalue weighted by molar-refractivity contribution is -0.130. The number of hydrogen-bond acceptors (Lipinski definition) is 5. The Morgan fingerprint density at radius 2 is 1.53 bits per heavy atom. The molecule has 1 fully saturated rings. The Bertz CT molecular complexity index is 826. The molecule has 6 nitrogen and oxygen atoms in total. The highest BCUT2D eigenvalue weighted by Crippen LogP contribution is 2.38. The van der Waals surface area contributed by atoms with Crippen LogP contribution in [0, 0.1) is 6.92 Å². The lowest BCUT2D eigenvalue weighted by atomic mass is 10.1. The summed E-state index contributed by atoms with van der Waals surface area (Å²) in [5.74, 6) is 1.80. The van der Waals surface area contributed by atoms with Crippen molar-refractivity contribution in [2.24, 2.45) is 0 Å². The van der Waals surface area contributed by atoms with Crippen molar-refractivity contribution >= 4 is 5.91 Å². The summed E-state index contributed by atoms with van der Waals surface area (Å²) in [5, 5.41) is 0. The van der Waals surface area contributed by atoms with Crippen molar-refractivity contribution in [2.75, 3.05) is 47.5 Å². The van der Waals surface area contributed by atoms with Crippen LogP contribution in [0.5, 0.6) is 17.2 Å². The van der Waals surface area contributed by atoms with Gasteiger partial charge in [-0.25, -0.2) is 0 Å². The molecule has 2 aromatic carbocycles. The van der Waals surface area contributed by atoms with Crippen LogP contribution in [0.15, 0.2) is 36.4 Å². The molecule has 0 bridgehead atoms. The van der Waals surface area contributed by atoms with Gasteiger partial charge < -0.3 is 19.1 Å². The molecule has 0 radical (unpaired) electrons. The number of rotatable bonds is 7. The van der Waals surface area contributed by atoms with Gasteiger partial charge in [0.15, 0.2) is 11.5 Å². The summed E-state index contributed by atoms with van der Waals surface area (Å²) in [7, 11) is 4.74. The van der Waals surface area contributed by atoms with E-state index in [0.29, 0.717) is 23.7 Å². The molecule has 1 saturated heterocycles. The van der Waals surface area contributed by atoms with Gasteiger partial charge in [-0.15, -0.1) is 0 Å². The molecule has 6 heteroatoms. The maximum atomic E-state index is 13.0. The Balaban J connectivity index is 1.61. The van der Waals surface area contributed by atoms with Crippen LogP contribution in [0.3, 0.4) is 0 Å². The molecule has 1 aliphatic rings. The monoisotopic (exact) mass is 412 g/mol. The third-order valence-electron chi connectivity index (χ3n) is 5.55. The molecule has 0 saturated carbocycles. The Hall–Kier alpha value is -2.73. The first-order chi connectivity index (χ1) is 14.5. The smallest absolute Gasteiger partial charge is 0.227 e. The molecule has 3 rings (SSSR count). The van der Waals surface area contributed by atoms with E-state index in [1.165, 1.54) is 11.1 Å². The largest absolute Gasteiger partial charge is 0.493 e. The van der Waals surface area contributed by atoms with Crippen LogP contribution in [-0.4, -0.2) is 63.2 Å². The second kappa shape index (κ2) is 10.3. The molecule has 0 aliphatic carbocycles. The minimum atomic E-state index is 0.126. The molecule has 1 aliphatic heterocycles. The fourth-order valence-corrected chi connectivity index (χ4v) is 3.85. The first-order valence-electron chi connectivity index (χ1n) is 10.4. The topological polar surface area (TPSA) is 51.2 Å². The van der Waals surface area contributed by atoms with E-state index >= 15 is 0 Å². The second-order valence-corrected chi connectivity index (χ2v) is 7.71. The van der Waals surface area contributed by atoms with Crippen molar-refractivity contribution in [2.45, 2.75) is 26.3 Å². The zero-order valence-corrected chi connectivity index (χ0v) is 18.4. The van der Waals surface area contributed by atoms with Crippen molar-refractivity contribution in [1.82, 2.24) is 9.80 Å².